The molecule has 146 valence electrons. The van der Waals surface area contributed by atoms with Gasteiger partial charge in [-0.3, -0.25) is 0 Å². The minimum Gasteiger partial charge on any atom is -0.338 e. The van der Waals surface area contributed by atoms with Gasteiger partial charge in [0.1, 0.15) is 0 Å². The van der Waals surface area contributed by atoms with Crippen LogP contribution < -0.4 is 10.6 Å². The van der Waals surface area contributed by atoms with Crippen LogP contribution in [0.2, 0.25) is 5.02 Å². The van der Waals surface area contributed by atoms with Crippen molar-refractivity contribution in [3.63, 3.8) is 0 Å². The topological polar surface area (TPSA) is 59.0 Å². The van der Waals surface area contributed by atoms with E-state index in [9.17, 15) is 18.0 Å². The fraction of sp³-hybridized carbons (Fsp3) is 0.158. The lowest BCUT2D eigenvalue weighted by Crippen LogP contribution is -2.31. The van der Waals surface area contributed by atoms with Gasteiger partial charge in [0.15, 0.2) is 5.69 Å². The maximum absolute atomic E-state index is 13.6. The first-order valence-electron chi connectivity index (χ1n) is 8.34. The molecule has 0 aliphatic heterocycles. The third-order valence-corrected chi connectivity index (χ3v) is 4.15. The Kier molecular flexibility index (Phi) is 5.89. The van der Waals surface area contributed by atoms with Crippen LogP contribution in [0.4, 0.5) is 23.7 Å². The van der Waals surface area contributed by atoms with Gasteiger partial charge in [-0.25, -0.2) is 9.48 Å². The van der Waals surface area contributed by atoms with Crippen LogP contribution >= 0.6 is 11.6 Å². The third kappa shape index (κ3) is 4.83. The Bertz CT molecular complexity index is 940. The highest BCUT2D eigenvalue weighted by Crippen LogP contribution is 2.36. The highest BCUT2D eigenvalue weighted by molar-refractivity contribution is 6.30. The van der Waals surface area contributed by atoms with Crippen molar-refractivity contribution >= 4 is 23.3 Å². The molecule has 9 heteroatoms. The van der Waals surface area contributed by atoms with Crippen molar-refractivity contribution in [2.24, 2.45) is 0 Å². The minimum atomic E-state index is -4.72. The van der Waals surface area contributed by atoms with Gasteiger partial charge in [0.25, 0.3) is 0 Å². The molecular weight excluding hydrogens is 393 g/mol. The van der Waals surface area contributed by atoms with Gasteiger partial charge in [-0.2, -0.15) is 18.3 Å². The Morgan fingerprint density at radius 3 is 2.39 bits per heavy atom. The molecule has 5 nitrogen and oxygen atoms in total. The maximum atomic E-state index is 13.6. The summed E-state index contributed by atoms with van der Waals surface area (Å²) in [7, 11) is 0. The summed E-state index contributed by atoms with van der Waals surface area (Å²) in [6.45, 7) is 0.280. The Morgan fingerprint density at radius 1 is 1.07 bits per heavy atom. The Hall–Kier alpha value is -3.00. The monoisotopic (exact) mass is 408 g/mol. The number of benzene rings is 2. The number of nitrogens with one attached hydrogen (secondary N) is 2. The highest BCUT2D eigenvalue weighted by Gasteiger charge is 2.39. The van der Waals surface area contributed by atoms with Gasteiger partial charge in [0.2, 0.25) is 0 Å². The summed E-state index contributed by atoms with van der Waals surface area (Å²) in [5.41, 5.74) is -0.323. The molecule has 0 aliphatic rings. The predicted molar refractivity (Wildman–Crippen MR) is 101 cm³/mol. The highest BCUT2D eigenvalue weighted by atomic mass is 35.5. The standard InChI is InChI=1S/C19H16ClF3N4O/c20-14-6-8-15(9-7-14)27-17(19(21,22)23)16(12-25-27)26-18(28)24-11-10-13-4-2-1-3-5-13/h1-9,12H,10-11H2,(H2,24,26,28). The van der Waals surface area contributed by atoms with Crippen LogP contribution in [0, 0.1) is 0 Å². The van der Waals surface area contributed by atoms with Gasteiger partial charge in [-0.15, -0.1) is 0 Å². The zero-order valence-electron chi connectivity index (χ0n) is 14.5. The summed E-state index contributed by atoms with van der Waals surface area (Å²) < 4.78 is 41.4. The van der Waals surface area contributed by atoms with E-state index in [2.05, 4.69) is 15.7 Å². The predicted octanol–water partition coefficient (Wildman–Crippen LogP) is 4.91. The molecule has 3 rings (SSSR count). The van der Waals surface area contributed by atoms with E-state index < -0.39 is 23.6 Å². The third-order valence-electron chi connectivity index (χ3n) is 3.90. The summed E-state index contributed by atoms with van der Waals surface area (Å²) in [4.78, 5) is 12.0. The number of amides is 2. The number of hydrogen-bond acceptors (Lipinski definition) is 2. The molecule has 0 aliphatic carbocycles. The fourth-order valence-corrected chi connectivity index (χ4v) is 2.75. The van der Waals surface area contributed by atoms with Gasteiger partial charge in [-0.1, -0.05) is 41.9 Å². The number of carbonyl (C=O) groups is 1. The number of alkyl halides is 3. The first-order valence-corrected chi connectivity index (χ1v) is 8.72. The summed E-state index contributed by atoms with van der Waals surface area (Å²) in [6.07, 6.45) is -3.19. The Labute approximate surface area is 164 Å². The number of carbonyl (C=O) groups excluding carboxylic acids is 1. The zero-order chi connectivity index (χ0) is 20.1. The fourth-order valence-electron chi connectivity index (χ4n) is 2.62. The summed E-state index contributed by atoms with van der Waals surface area (Å²) in [6, 6.07) is 14.4. The molecule has 0 spiro atoms. The molecule has 0 saturated heterocycles. The molecule has 1 heterocycles. The van der Waals surface area contributed by atoms with Gasteiger partial charge in [0, 0.05) is 11.6 Å². The second-order valence-corrected chi connectivity index (χ2v) is 6.35. The van der Waals surface area contributed by atoms with Gasteiger partial charge in [-0.05, 0) is 36.2 Å². The molecule has 0 atom stereocenters. The zero-order valence-corrected chi connectivity index (χ0v) is 15.3. The van der Waals surface area contributed by atoms with Gasteiger partial charge in [0.05, 0.1) is 17.6 Å². The molecule has 1 aromatic heterocycles. The van der Waals surface area contributed by atoms with Crippen LogP contribution in [-0.4, -0.2) is 22.4 Å². The smallest absolute Gasteiger partial charge is 0.338 e. The lowest BCUT2D eigenvalue weighted by molar-refractivity contribution is -0.142. The summed E-state index contributed by atoms with van der Waals surface area (Å²) >= 11 is 5.78. The van der Waals surface area contributed by atoms with Gasteiger partial charge >= 0.3 is 12.2 Å². The van der Waals surface area contributed by atoms with Crippen LogP contribution in [0.25, 0.3) is 5.69 Å². The molecule has 28 heavy (non-hydrogen) atoms. The number of hydrogen-bond donors (Lipinski definition) is 2. The largest absolute Gasteiger partial charge is 0.435 e. The van der Waals surface area contributed by atoms with Crippen molar-refractivity contribution in [2.75, 3.05) is 11.9 Å². The number of aromatic nitrogens is 2. The van der Waals surface area contributed by atoms with Crippen molar-refractivity contribution in [2.45, 2.75) is 12.6 Å². The average molecular weight is 409 g/mol. The lowest BCUT2D eigenvalue weighted by Gasteiger charge is -2.13. The van der Waals surface area contributed by atoms with Crippen LogP contribution in [-0.2, 0) is 12.6 Å². The van der Waals surface area contributed by atoms with E-state index in [0.29, 0.717) is 11.4 Å². The normalized spacial score (nSPS) is 11.3. The van der Waals surface area contributed by atoms with Crippen LogP contribution in [0.15, 0.2) is 60.8 Å². The van der Waals surface area contributed by atoms with Crippen molar-refractivity contribution in [1.29, 1.82) is 0 Å². The molecule has 2 N–H and O–H groups in total. The van der Waals surface area contributed by atoms with Crippen molar-refractivity contribution < 1.29 is 18.0 Å². The Balaban J connectivity index is 1.72. The van der Waals surface area contributed by atoms with E-state index in [1.54, 1.807) is 0 Å². The molecule has 2 aromatic carbocycles. The number of anilines is 1. The molecule has 0 fully saturated rings. The molecular formula is C19H16ClF3N4O. The van der Waals surface area contributed by atoms with E-state index in [1.165, 1.54) is 24.3 Å². The second kappa shape index (κ2) is 8.35. The van der Waals surface area contributed by atoms with E-state index >= 15 is 0 Å². The van der Waals surface area contributed by atoms with Gasteiger partial charge < -0.3 is 10.6 Å². The van der Waals surface area contributed by atoms with E-state index in [4.69, 9.17) is 11.6 Å². The second-order valence-electron chi connectivity index (χ2n) is 5.91. The van der Waals surface area contributed by atoms with Crippen LogP contribution in [0.1, 0.15) is 11.3 Å². The number of nitrogens with zero attached hydrogens (tertiary/aromatic N) is 2. The first kappa shape index (κ1) is 19.8. The maximum Gasteiger partial charge on any atom is 0.435 e. The average Bonchev–Trinajstić information content (AvgIpc) is 3.07. The summed E-state index contributed by atoms with van der Waals surface area (Å²) in [5, 5.41) is 8.93. The molecule has 0 saturated carbocycles. The minimum absolute atomic E-state index is 0.175. The SMILES string of the molecule is O=C(NCCc1ccccc1)Nc1cnn(-c2ccc(Cl)cc2)c1C(F)(F)F. The molecule has 3 aromatic rings. The van der Waals surface area contributed by atoms with Crippen molar-refractivity contribution in [3.05, 3.63) is 77.1 Å². The molecule has 0 bridgehead atoms. The van der Waals surface area contributed by atoms with E-state index in [1.807, 2.05) is 30.3 Å². The molecule has 0 unspecified atom stereocenters. The Morgan fingerprint density at radius 2 is 1.75 bits per heavy atom. The van der Waals surface area contributed by atoms with Crippen molar-refractivity contribution in [1.82, 2.24) is 15.1 Å². The van der Waals surface area contributed by atoms with Crippen LogP contribution in [0.3, 0.4) is 0 Å². The van der Waals surface area contributed by atoms with Crippen LogP contribution in [0.5, 0.6) is 0 Å². The number of urea groups is 1. The quantitative estimate of drug-likeness (QED) is 0.630. The first-order chi connectivity index (χ1) is 13.3. The van der Waals surface area contributed by atoms with E-state index in [0.717, 1.165) is 16.4 Å². The molecule has 0 radical (unpaired) electrons. The lowest BCUT2D eigenvalue weighted by atomic mass is 10.1. The number of halogens is 4. The molecule has 2 amide bonds. The number of rotatable bonds is 5. The van der Waals surface area contributed by atoms with E-state index in [-0.39, 0.29) is 12.2 Å². The van der Waals surface area contributed by atoms with Crippen molar-refractivity contribution in [3.8, 4) is 5.69 Å². The summed E-state index contributed by atoms with van der Waals surface area (Å²) in [5.74, 6) is 0.